The Labute approximate surface area is 133 Å². The van der Waals surface area contributed by atoms with E-state index in [9.17, 15) is 0 Å². The van der Waals surface area contributed by atoms with Crippen LogP contribution < -0.4 is 0 Å². The zero-order chi connectivity index (χ0) is 14.9. The predicted molar refractivity (Wildman–Crippen MR) is 93.9 cm³/mol. The average molecular weight is 289 g/mol. The van der Waals surface area contributed by atoms with Gasteiger partial charge in [0, 0.05) is 5.92 Å². The van der Waals surface area contributed by atoms with Crippen LogP contribution in [-0.4, -0.2) is 25.0 Å². The Morgan fingerprint density at radius 1 is 0.773 bits per heavy atom. The van der Waals surface area contributed by atoms with Crippen molar-refractivity contribution in [2.75, 3.05) is 20.1 Å². The molecule has 2 aromatic rings. The Hall–Kier alpha value is -1.86. The molecular weight excluding hydrogens is 266 g/mol. The summed E-state index contributed by atoms with van der Waals surface area (Å²) in [5.74, 6) is 1.29. The number of piperidine rings is 1. The summed E-state index contributed by atoms with van der Waals surface area (Å²) >= 11 is 0. The van der Waals surface area contributed by atoms with E-state index in [1.165, 1.54) is 48.2 Å². The zero-order valence-corrected chi connectivity index (χ0v) is 13.2. The quantitative estimate of drug-likeness (QED) is 0.739. The van der Waals surface area contributed by atoms with E-state index in [1.54, 1.807) is 0 Å². The molecule has 2 aromatic carbocycles. The molecule has 0 amide bonds. The summed E-state index contributed by atoms with van der Waals surface area (Å²) < 4.78 is 0. The maximum atomic E-state index is 2.46. The van der Waals surface area contributed by atoms with E-state index in [2.05, 4.69) is 72.6 Å². The monoisotopic (exact) mass is 289 g/mol. The number of benzene rings is 2. The van der Waals surface area contributed by atoms with Crippen molar-refractivity contribution in [2.45, 2.75) is 18.8 Å². The fraction of sp³-hybridized carbons (Fsp3) is 0.333. The Morgan fingerprint density at radius 3 is 1.82 bits per heavy atom. The molecule has 1 heterocycles. The lowest BCUT2D eigenvalue weighted by molar-refractivity contribution is 0.207. The third-order valence-electron chi connectivity index (χ3n) is 5.34. The third-order valence-corrected chi connectivity index (χ3v) is 5.34. The smallest absolute Gasteiger partial charge is 0.0130 e. The Bertz CT molecular complexity index is 643. The van der Waals surface area contributed by atoms with E-state index in [1.807, 2.05) is 0 Å². The van der Waals surface area contributed by atoms with Crippen molar-refractivity contribution >= 4 is 12.2 Å². The Balaban J connectivity index is 1.83. The van der Waals surface area contributed by atoms with E-state index in [0.29, 0.717) is 5.92 Å². The molecule has 0 aromatic heterocycles. The summed E-state index contributed by atoms with van der Waals surface area (Å²) in [5, 5.41) is 0. The van der Waals surface area contributed by atoms with Gasteiger partial charge in [-0.05, 0) is 61.2 Å². The minimum atomic E-state index is 0.538. The standard InChI is InChI=1S/C21H23N/c1-22-14-12-18(13-15-22)21-19-8-4-2-6-16(19)10-11-17-7-3-5-9-20(17)21/h2-11,18,21H,12-15H2,1H3. The highest BCUT2D eigenvalue weighted by Gasteiger charge is 2.30. The van der Waals surface area contributed by atoms with Gasteiger partial charge >= 0.3 is 0 Å². The first kappa shape index (κ1) is 13.8. The summed E-state index contributed by atoms with van der Waals surface area (Å²) in [6, 6.07) is 17.9. The highest BCUT2D eigenvalue weighted by atomic mass is 15.1. The van der Waals surface area contributed by atoms with Gasteiger partial charge in [0.2, 0.25) is 0 Å². The van der Waals surface area contributed by atoms with Crippen LogP contribution in [0.4, 0.5) is 0 Å². The van der Waals surface area contributed by atoms with Gasteiger partial charge in [0.1, 0.15) is 0 Å². The molecule has 1 heteroatoms. The number of fused-ring (bicyclic) bond motifs is 2. The van der Waals surface area contributed by atoms with Gasteiger partial charge in [-0.1, -0.05) is 60.7 Å². The second kappa shape index (κ2) is 5.73. The number of rotatable bonds is 1. The van der Waals surface area contributed by atoms with Crippen molar-refractivity contribution in [1.29, 1.82) is 0 Å². The van der Waals surface area contributed by atoms with Crippen molar-refractivity contribution in [3.05, 3.63) is 70.8 Å². The Kier molecular flexibility index (Phi) is 3.59. The van der Waals surface area contributed by atoms with E-state index in [-0.39, 0.29) is 0 Å². The fourth-order valence-electron chi connectivity index (χ4n) is 4.11. The predicted octanol–water partition coefficient (Wildman–Crippen LogP) is 4.64. The van der Waals surface area contributed by atoms with E-state index < -0.39 is 0 Å². The normalized spacial score (nSPS) is 19.5. The van der Waals surface area contributed by atoms with Gasteiger partial charge in [-0.15, -0.1) is 0 Å². The highest BCUT2D eigenvalue weighted by molar-refractivity contribution is 5.76. The zero-order valence-electron chi connectivity index (χ0n) is 13.2. The second-order valence-corrected chi connectivity index (χ2v) is 6.71. The number of likely N-dealkylation sites (tertiary alicyclic amines) is 1. The van der Waals surface area contributed by atoms with Gasteiger partial charge < -0.3 is 4.90 Å². The molecule has 0 radical (unpaired) electrons. The second-order valence-electron chi connectivity index (χ2n) is 6.71. The van der Waals surface area contributed by atoms with Crippen molar-refractivity contribution in [2.24, 2.45) is 5.92 Å². The SMILES string of the molecule is CN1CCC(C2c3ccccc3C=Cc3ccccc32)CC1. The molecule has 22 heavy (non-hydrogen) atoms. The molecule has 112 valence electrons. The summed E-state index contributed by atoms with van der Waals surface area (Å²) in [5.41, 5.74) is 5.81. The van der Waals surface area contributed by atoms with Gasteiger partial charge in [0.05, 0.1) is 0 Å². The van der Waals surface area contributed by atoms with Crippen molar-refractivity contribution in [3.8, 4) is 0 Å². The average Bonchev–Trinajstić information content (AvgIpc) is 2.73. The first-order chi connectivity index (χ1) is 10.8. The van der Waals surface area contributed by atoms with Gasteiger partial charge in [0.25, 0.3) is 0 Å². The third kappa shape index (κ3) is 2.40. The first-order valence-corrected chi connectivity index (χ1v) is 8.37. The molecule has 1 fully saturated rings. The maximum absolute atomic E-state index is 2.46. The molecule has 2 aliphatic rings. The van der Waals surface area contributed by atoms with Gasteiger partial charge in [-0.3, -0.25) is 0 Å². The highest BCUT2D eigenvalue weighted by Crippen LogP contribution is 2.42. The summed E-state index contributed by atoms with van der Waals surface area (Å²) in [6.07, 6.45) is 7.18. The van der Waals surface area contributed by atoms with Crippen LogP contribution in [0.3, 0.4) is 0 Å². The van der Waals surface area contributed by atoms with Crippen LogP contribution in [-0.2, 0) is 0 Å². The lowest BCUT2D eigenvalue weighted by atomic mass is 9.74. The molecule has 1 aliphatic carbocycles. The van der Waals surface area contributed by atoms with Crippen LogP contribution >= 0.6 is 0 Å². The molecule has 0 saturated carbocycles. The minimum absolute atomic E-state index is 0.538. The van der Waals surface area contributed by atoms with Crippen LogP contribution in [0.15, 0.2) is 48.5 Å². The topological polar surface area (TPSA) is 3.24 Å². The largest absolute Gasteiger partial charge is 0.306 e. The summed E-state index contributed by atoms with van der Waals surface area (Å²) in [7, 11) is 2.24. The molecule has 0 unspecified atom stereocenters. The summed E-state index contributed by atoms with van der Waals surface area (Å²) in [6.45, 7) is 2.44. The van der Waals surface area contributed by atoms with E-state index >= 15 is 0 Å². The molecule has 1 saturated heterocycles. The first-order valence-electron chi connectivity index (χ1n) is 8.37. The molecule has 0 bridgehead atoms. The van der Waals surface area contributed by atoms with Gasteiger partial charge in [-0.2, -0.15) is 0 Å². The molecule has 0 atom stereocenters. The number of hydrogen-bond donors (Lipinski definition) is 0. The van der Waals surface area contributed by atoms with Gasteiger partial charge in [-0.25, -0.2) is 0 Å². The van der Waals surface area contributed by atoms with Crippen LogP contribution in [0.2, 0.25) is 0 Å². The van der Waals surface area contributed by atoms with Crippen LogP contribution in [0.5, 0.6) is 0 Å². The number of nitrogens with zero attached hydrogens (tertiary/aromatic N) is 1. The lowest BCUT2D eigenvalue weighted by Crippen LogP contribution is -2.33. The lowest BCUT2D eigenvalue weighted by Gasteiger charge is -2.35. The van der Waals surface area contributed by atoms with Crippen molar-refractivity contribution in [3.63, 3.8) is 0 Å². The van der Waals surface area contributed by atoms with E-state index in [4.69, 9.17) is 0 Å². The molecule has 0 spiro atoms. The molecule has 1 aliphatic heterocycles. The molecule has 4 rings (SSSR count). The van der Waals surface area contributed by atoms with Gasteiger partial charge in [0.15, 0.2) is 0 Å². The minimum Gasteiger partial charge on any atom is -0.306 e. The number of hydrogen-bond acceptors (Lipinski definition) is 1. The summed E-state index contributed by atoms with van der Waals surface area (Å²) in [4.78, 5) is 2.46. The maximum Gasteiger partial charge on any atom is 0.0130 e. The molecular formula is C21H23N. The molecule has 1 nitrogen and oxygen atoms in total. The van der Waals surface area contributed by atoms with Crippen LogP contribution in [0.1, 0.15) is 41.0 Å². The van der Waals surface area contributed by atoms with E-state index in [0.717, 1.165) is 5.92 Å². The van der Waals surface area contributed by atoms with Crippen molar-refractivity contribution in [1.82, 2.24) is 4.90 Å². The van der Waals surface area contributed by atoms with Crippen LogP contribution in [0.25, 0.3) is 12.2 Å². The van der Waals surface area contributed by atoms with Crippen molar-refractivity contribution < 1.29 is 0 Å². The van der Waals surface area contributed by atoms with Crippen LogP contribution in [0, 0.1) is 5.92 Å². The fourth-order valence-corrected chi connectivity index (χ4v) is 4.11. The Morgan fingerprint density at radius 2 is 1.27 bits per heavy atom. The molecule has 0 N–H and O–H groups in total.